The Labute approximate surface area is 193 Å². The first-order valence-corrected chi connectivity index (χ1v) is 10.3. The molecule has 7 nitrogen and oxygen atoms in total. The summed E-state index contributed by atoms with van der Waals surface area (Å²) >= 11 is 12.9. The van der Waals surface area contributed by atoms with E-state index < -0.39 is 5.63 Å². The number of nitrogen functional groups attached to an aromatic ring is 1. The van der Waals surface area contributed by atoms with Crippen LogP contribution >= 0.6 is 23.2 Å². The second-order valence-corrected chi connectivity index (χ2v) is 7.81. The number of ether oxygens (including phenoxy) is 2. The first kappa shape index (κ1) is 21.8. The van der Waals surface area contributed by atoms with Crippen molar-refractivity contribution in [1.29, 1.82) is 0 Å². The zero-order valence-corrected chi connectivity index (χ0v) is 19.0. The van der Waals surface area contributed by atoms with Gasteiger partial charge in [-0.25, -0.2) is 9.78 Å². The summed E-state index contributed by atoms with van der Waals surface area (Å²) in [7, 11) is 2.92. The number of aryl methyl sites for hydroxylation is 1. The van der Waals surface area contributed by atoms with Crippen molar-refractivity contribution in [3.05, 3.63) is 68.6 Å². The second kappa shape index (κ2) is 8.61. The zero-order valence-electron chi connectivity index (χ0n) is 17.5. The number of methoxy groups -OCH3 is 2. The number of benzene rings is 2. The van der Waals surface area contributed by atoms with Gasteiger partial charge in [-0.1, -0.05) is 29.3 Å². The van der Waals surface area contributed by atoms with Crippen molar-refractivity contribution in [3.8, 4) is 22.6 Å². The van der Waals surface area contributed by atoms with Crippen LogP contribution in [0, 0.1) is 6.92 Å². The van der Waals surface area contributed by atoms with Crippen molar-refractivity contribution in [2.75, 3.05) is 25.3 Å². The van der Waals surface area contributed by atoms with Crippen LogP contribution in [0.1, 0.15) is 5.56 Å². The van der Waals surface area contributed by atoms with E-state index in [-0.39, 0.29) is 21.2 Å². The van der Waals surface area contributed by atoms with Gasteiger partial charge in [0.05, 0.1) is 41.2 Å². The summed E-state index contributed by atoms with van der Waals surface area (Å²) in [5.74, 6) is 1.11. The van der Waals surface area contributed by atoms with Crippen molar-refractivity contribution in [2.24, 2.45) is 0 Å². The zero-order chi connectivity index (χ0) is 23.0. The Bertz CT molecular complexity index is 1370. The lowest BCUT2D eigenvalue weighted by Gasteiger charge is -2.14. The molecule has 0 radical (unpaired) electrons. The minimum Gasteiger partial charge on any atom is -0.495 e. The minimum absolute atomic E-state index is 0.162. The van der Waals surface area contributed by atoms with Crippen molar-refractivity contribution < 1.29 is 13.9 Å². The number of halogens is 2. The molecule has 0 bridgehead atoms. The molecule has 0 spiro atoms. The molecule has 9 heteroatoms. The van der Waals surface area contributed by atoms with E-state index >= 15 is 0 Å². The first-order valence-electron chi connectivity index (χ1n) is 9.49. The molecule has 0 aliphatic rings. The normalized spacial score (nSPS) is 10.9. The van der Waals surface area contributed by atoms with Gasteiger partial charge >= 0.3 is 5.63 Å². The van der Waals surface area contributed by atoms with Crippen LogP contribution in [0.5, 0.6) is 11.5 Å². The van der Waals surface area contributed by atoms with Gasteiger partial charge in [-0.05, 0) is 30.7 Å². The highest BCUT2D eigenvalue weighted by Crippen LogP contribution is 2.45. The molecule has 2 aromatic heterocycles. The van der Waals surface area contributed by atoms with E-state index in [9.17, 15) is 4.79 Å². The van der Waals surface area contributed by atoms with Crippen LogP contribution in [0.25, 0.3) is 22.1 Å². The summed E-state index contributed by atoms with van der Waals surface area (Å²) in [6, 6.07) is 10.4. The molecular formula is C23H19Cl2N3O4. The highest BCUT2D eigenvalue weighted by molar-refractivity contribution is 6.41. The monoisotopic (exact) mass is 471 g/mol. The van der Waals surface area contributed by atoms with Crippen molar-refractivity contribution >= 4 is 51.4 Å². The molecule has 0 saturated carbocycles. The van der Waals surface area contributed by atoms with Gasteiger partial charge in [-0.2, -0.15) is 0 Å². The molecule has 2 heterocycles. The fraction of sp³-hybridized carbons (Fsp3) is 0.130. The molecule has 0 aliphatic heterocycles. The molecule has 0 atom stereocenters. The topological polar surface area (TPSA) is 99.6 Å². The summed E-state index contributed by atoms with van der Waals surface area (Å²) in [6.07, 6.45) is 1.58. The lowest BCUT2D eigenvalue weighted by molar-refractivity contribution is 0.395. The van der Waals surface area contributed by atoms with Gasteiger partial charge < -0.3 is 24.9 Å². The fourth-order valence-corrected chi connectivity index (χ4v) is 4.00. The number of nitrogens with zero attached hydrogens (tertiary/aromatic N) is 1. The van der Waals surface area contributed by atoms with Gasteiger partial charge in [0.15, 0.2) is 0 Å². The van der Waals surface area contributed by atoms with Crippen LogP contribution in [-0.4, -0.2) is 19.2 Å². The Hall–Kier alpha value is -3.42. The molecule has 4 rings (SSSR count). The molecule has 2 aromatic carbocycles. The molecule has 0 unspecified atom stereocenters. The Morgan fingerprint density at radius 3 is 2.38 bits per heavy atom. The molecule has 0 aliphatic carbocycles. The molecular weight excluding hydrogens is 453 g/mol. The predicted octanol–water partition coefficient (Wildman–Crippen LogP) is 5.81. The van der Waals surface area contributed by atoms with E-state index in [4.69, 9.17) is 42.8 Å². The summed E-state index contributed by atoms with van der Waals surface area (Å²) < 4.78 is 16.1. The van der Waals surface area contributed by atoms with Crippen molar-refractivity contribution in [3.63, 3.8) is 0 Å². The van der Waals surface area contributed by atoms with Gasteiger partial charge in [0, 0.05) is 29.3 Å². The number of aromatic nitrogens is 1. The van der Waals surface area contributed by atoms with Crippen LogP contribution in [0.15, 0.2) is 51.8 Å². The molecule has 4 aromatic rings. The Balaban J connectivity index is 1.82. The Morgan fingerprint density at radius 1 is 1.03 bits per heavy atom. The molecule has 0 fully saturated rings. The number of hydrogen-bond acceptors (Lipinski definition) is 7. The van der Waals surface area contributed by atoms with E-state index in [1.165, 1.54) is 14.2 Å². The van der Waals surface area contributed by atoms with Crippen molar-refractivity contribution in [1.82, 2.24) is 4.98 Å². The Kier molecular flexibility index (Phi) is 5.86. The van der Waals surface area contributed by atoms with Crippen LogP contribution in [0.3, 0.4) is 0 Å². The van der Waals surface area contributed by atoms with E-state index in [1.807, 2.05) is 19.1 Å². The number of nitrogens with one attached hydrogen (secondary N) is 1. The quantitative estimate of drug-likeness (QED) is 0.354. The largest absolute Gasteiger partial charge is 0.495 e. The van der Waals surface area contributed by atoms with Crippen LogP contribution in [-0.2, 0) is 0 Å². The van der Waals surface area contributed by atoms with E-state index in [0.29, 0.717) is 39.7 Å². The number of nitrogens with two attached hydrogens (primary N) is 1. The maximum absolute atomic E-state index is 12.9. The van der Waals surface area contributed by atoms with Gasteiger partial charge in [-0.3, -0.25) is 0 Å². The smallest absolute Gasteiger partial charge is 0.344 e. The Morgan fingerprint density at radius 2 is 1.72 bits per heavy atom. The number of pyridine rings is 1. The summed E-state index contributed by atoms with van der Waals surface area (Å²) in [6.45, 7) is 1.96. The third-order valence-electron chi connectivity index (χ3n) is 4.93. The predicted molar refractivity (Wildman–Crippen MR) is 128 cm³/mol. The highest BCUT2D eigenvalue weighted by atomic mass is 35.5. The molecule has 3 N–H and O–H groups in total. The van der Waals surface area contributed by atoms with Crippen LogP contribution in [0.2, 0.25) is 10.0 Å². The first-order chi connectivity index (χ1) is 15.3. The highest BCUT2D eigenvalue weighted by Gasteiger charge is 2.22. The molecule has 32 heavy (non-hydrogen) atoms. The summed E-state index contributed by atoms with van der Waals surface area (Å²) in [4.78, 5) is 17.3. The van der Waals surface area contributed by atoms with Gasteiger partial charge in [0.1, 0.15) is 22.9 Å². The third-order valence-corrected chi connectivity index (χ3v) is 5.68. The van der Waals surface area contributed by atoms with Crippen LogP contribution < -0.4 is 26.1 Å². The fourth-order valence-electron chi connectivity index (χ4n) is 3.29. The standard InChI is InChI=1S/C23H19Cl2N3O4/c1-11-4-5-14(26)15(6-11)28-19-9-16-12(10-27-19)7-13(23(29)32-16)20-21(24)17(30-2)8-18(31-3)22(20)25/h4-10H,26H2,1-3H3,(H,27,28). The van der Waals surface area contributed by atoms with E-state index in [0.717, 1.165) is 5.56 Å². The third kappa shape index (κ3) is 3.92. The number of rotatable bonds is 5. The maximum atomic E-state index is 12.9. The van der Waals surface area contributed by atoms with E-state index in [2.05, 4.69) is 10.3 Å². The van der Waals surface area contributed by atoms with Gasteiger partial charge in [0.2, 0.25) is 0 Å². The lowest BCUT2D eigenvalue weighted by atomic mass is 10.1. The second-order valence-electron chi connectivity index (χ2n) is 7.05. The average molecular weight is 472 g/mol. The number of hydrogen-bond donors (Lipinski definition) is 2. The molecule has 0 saturated heterocycles. The minimum atomic E-state index is -0.621. The number of fused-ring (bicyclic) bond motifs is 1. The van der Waals surface area contributed by atoms with E-state index in [1.54, 1.807) is 30.5 Å². The maximum Gasteiger partial charge on any atom is 0.344 e. The SMILES string of the molecule is COc1cc(OC)c(Cl)c(-c2cc3cnc(Nc4cc(C)ccc4N)cc3oc2=O)c1Cl. The lowest BCUT2D eigenvalue weighted by Crippen LogP contribution is -2.05. The molecule has 164 valence electrons. The summed E-state index contributed by atoms with van der Waals surface area (Å²) in [5, 5.41) is 4.07. The summed E-state index contributed by atoms with van der Waals surface area (Å²) in [5.41, 5.74) is 8.49. The number of anilines is 3. The van der Waals surface area contributed by atoms with Crippen LogP contribution in [0.4, 0.5) is 17.2 Å². The molecule has 0 amide bonds. The van der Waals surface area contributed by atoms with Gasteiger partial charge in [0.25, 0.3) is 0 Å². The average Bonchev–Trinajstić information content (AvgIpc) is 2.77. The van der Waals surface area contributed by atoms with Gasteiger partial charge in [-0.15, -0.1) is 0 Å². The van der Waals surface area contributed by atoms with Crippen molar-refractivity contribution in [2.45, 2.75) is 6.92 Å².